The molecule has 0 spiro atoms. The predicted molar refractivity (Wildman–Crippen MR) is 117 cm³/mol. The maximum atomic E-state index is 13.0. The minimum Gasteiger partial charge on any atom is -0.318 e. The fourth-order valence-corrected chi connectivity index (χ4v) is 4.13. The molecule has 0 unspecified atom stereocenters. The second-order valence-electron chi connectivity index (χ2n) is 6.60. The Labute approximate surface area is 177 Å². The van der Waals surface area contributed by atoms with Crippen LogP contribution in [-0.2, 0) is 4.79 Å². The summed E-state index contributed by atoms with van der Waals surface area (Å²) in [4.78, 5) is 17.3. The fraction of sp³-hybridized carbons (Fsp3) is 0.0909. The highest BCUT2D eigenvalue weighted by molar-refractivity contribution is 8.18. The SMILES string of the molecule is Cc1cc(/C=C2/SC(=Nc3ccc(F)cc3)NC2=O)c(C)n1-c1ccc(Cl)cc1. The van der Waals surface area contributed by atoms with Gasteiger partial charge in [-0.1, -0.05) is 11.6 Å². The normalized spacial score (nSPS) is 16.6. The van der Waals surface area contributed by atoms with Crippen molar-refractivity contribution in [3.63, 3.8) is 0 Å². The van der Waals surface area contributed by atoms with Crippen LogP contribution in [0, 0.1) is 19.7 Å². The second-order valence-corrected chi connectivity index (χ2v) is 8.06. The van der Waals surface area contributed by atoms with Gasteiger partial charge in [-0.3, -0.25) is 4.79 Å². The van der Waals surface area contributed by atoms with Gasteiger partial charge >= 0.3 is 0 Å². The average molecular weight is 426 g/mol. The fourth-order valence-electron chi connectivity index (χ4n) is 3.18. The largest absolute Gasteiger partial charge is 0.318 e. The molecular weight excluding hydrogens is 409 g/mol. The van der Waals surface area contributed by atoms with Crippen molar-refractivity contribution < 1.29 is 9.18 Å². The van der Waals surface area contributed by atoms with Gasteiger partial charge in [-0.25, -0.2) is 9.38 Å². The van der Waals surface area contributed by atoms with Gasteiger partial charge in [0.25, 0.3) is 5.91 Å². The molecule has 1 fully saturated rings. The molecule has 146 valence electrons. The standard InChI is InChI=1S/C22H17ClFN3OS/c1-13-11-15(14(2)27(13)19-9-3-16(23)4-10-19)12-20-21(28)26-22(29-20)25-18-7-5-17(24)6-8-18/h3-12H,1-2H3,(H,25,26,28)/b20-12+. The van der Waals surface area contributed by atoms with Crippen molar-refractivity contribution in [1.82, 2.24) is 9.88 Å². The molecule has 1 saturated heterocycles. The molecule has 1 aliphatic rings. The zero-order valence-electron chi connectivity index (χ0n) is 15.7. The lowest BCUT2D eigenvalue weighted by Gasteiger charge is -2.09. The lowest BCUT2D eigenvalue weighted by atomic mass is 10.2. The van der Waals surface area contributed by atoms with E-state index in [-0.39, 0.29) is 11.7 Å². The number of rotatable bonds is 3. The lowest BCUT2D eigenvalue weighted by molar-refractivity contribution is -0.115. The summed E-state index contributed by atoms with van der Waals surface area (Å²) in [6, 6.07) is 15.5. The van der Waals surface area contributed by atoms with Gasteiger partial charge in [0, 0.05) is 22.1 Å². The number of aryl methyl sites for hydroxylation is 1. The first-order valence-corrected chi connectivity index (χ1v) is 10.1. The van der Waals surface area contributed by atoms with Gasteiger partial charge in [-0.2, -0.15) is 0 Å². The third-order valence-corrected chi connectivity index (χ3v) is 5.71. The molecule has 2 heterocycles. The van der Waals surface area contributed by atoms with Crippen molar-refractivity contribution in [3.8, 4) is 5.69 Å². The summed E-state index contributed by atoms with van der Waals surface area (Å²) in [5.74, 6) is -0.527. The van der Waals surface area contributed by atoms with Gasteiger partial charge in [0.15, 0.2) is 5.17 Å². The number of aliphatic imine (C=N–C) groups is 1. The van der Waals surface area contributed by atoms with E-state index in [0.717, 1.165) is 22.6 Å². The Morgan fingerprint density at radius 3 is 2.48 bits per heavy atom. The molecule has 0 saturated carbocycles. The Balaban J connectivity index is 1.63. The highest BCUT2D eigenvalue weighted by atomic mass is 35.5. The molecule has 29 heavy (non-hydrogen) atoms. The molecule has 4 nitrogen and oxygen atoms in total. The number of nitrogens with zero attached hydrogens (tertiary/aromatic N) is 2. The van der Waals surface area contributed by atoms with E-state index in [4.69, 9.17) is 11.6 Å². The number of carbonyl (C=O) groups excluding carboxylic acids is 1. The van der Waals surface area contributed by atoms with Crippen molar-refractivity contribution in [2.24, 2.45) is 4.99 Å². The molecule has 2 aromatic carbocycles. The van der Waals surface area contributed by atoms with Crippen LogP contribution in [0.3, 0.4) is 0 Å². The zero-order valence-corrected chi connectivity index (χ0v) is 17.3. The first-order valence-electron chi connectivity index (χ1n) is 8.91. The van der Waals surface area contributed by atoms with Crippen LogP contribution in [0.4, 0.5) is 10.1 Å². The van der Waals surface area contributed by atoms with E-state index in [9.17, 15) is 9.18 Å². The number of carbonyl (C=O) groups is 1. The van der Waals surface area contributed by atoms with Crippen LogP contribution in [0.5, 0.6) is 0 Å². The van der Waals surface area contributed by atoms with Crippen LogP contribution >= 0.6 is 23.4 Å². The Bertz CT molecular complexity index is 1150. The molecule has 1 amide bonds. The molecule has 7 heteroatoms. The molecule has 4 rings (SSSR count). The summed E-state index contributed by atoms with van der Waals surface area (Å²) >= 11 is 7.26. The number of thioether (sulfide) groups is 1. The van der Waals surface area contributed by atoms with Gasteiger partial charge < -0.3 is 9.88 Å². The maximum absolute atomic E-state index is 13.0. The number of hydrogen-bond acceptors (Lipinski definition) is 3. The van der Waals surface area contributed by atoms with Gasteiger partial charge in [-0.15, -0.1) is 0 Å². The van der Waals surface area contributed by atoms with E-state index in [1.807, 2.05) is 50.3 Å². The van der Waals surface area contributed by atoms with E-state index in [1.54, 1.807) is 12.1 Å². The number of benzene rings is 2. The Morgan fingerprint density at radius 2 is 1.79 bits per heavy atom. The monoisotopic (exact) mass is 425 g/mol. The van der Waals surface area contributed by atoms with Crippen LogP contribution in [0.1, 0.15) is 17.0 Å². The van der Waals surface area contributed by atoms with Crippen molar-refractivity contribution in [2.45, 2.75) is 13.8 Å². The van der Waals surface area contributed by atoms with Crippen LogP contribution in [0.25, 0.3) is 11.8 Å². The van der Waals surface area contributed by atoms with E-state index in [1.165, 1.54) is 23.9 Å². The second kappa shape index (κ2) is 7.89. The number of halogens is 2. The first-order chi connectivity index (χ1) is 13.9. The molecule has 1 aliphatic heterocycles. The van der Waals surface area contributed by atoms with Crippen LogP contribution in [0.15, 0.2) is 64.5 Å². The minimum atomic E-state index is -0.325. The highest BCUT2D eigenvalue weighted by Gasteiger charge is 2.24. The summed E-state index contributed by atoms with van der Waals surface area (Å²) in [5.41, 5.74) is 4.63. The van der Waals surface area contributed by atoms with Crippen molar-refractivity contribution in [2.75, 3.05) is 0 Å². The number of nitrogens with one attached hydrogen (secondary N) is 1. The summed E-state index contributed by atoms with van der Waals surface area (Å²) in [7, 11) is 0. The molecule has 0 bridgehead atoms. The van der Waals surface area contributed by atoms with Crippen molar-refractivity contribution in [1.29, 1.82) is 0 Å². The number of amides is 1. The summed E-state index contributed by atoms with van der Waals surface area (Å²) < 4.78 is 15.2. The third kappa shape index (κ3) is 4.13. The maximum Gasteiger partial charge on any atom is 0.264 e. The van der Waals surface area contributed by atoms with E-state index in [0.29, 0.717) is 20.8 Å². The van der Waals surface area contributed by atoms with E-state index in [2.05, 4.69) is 14.9 Å². The number of amidine groups is 1. The molecular formula is C22H17ClFN3OS. The van der Waals surface area contributed by atoms with Gasteiger partial charge in [0.2, 0.25) is 0 Å². The van der Waals surface area contributed by atoms with Crippen molar-refractivity contribution >= 4 is 46.2 Å². The Kier molecular flexibility index (Phi) is 5.30. The van der Waals surface area contributed by atoms with Crippen LogP contribution < -0.4 is 5.32 Å². The molecule has 1 N–H and O–H groups in total. The van der Waals surface area contributed by atoms with Crippen LogP contribution in [-0.4, -0.2) is 15.6 Å². The molecule has 0 atom stereocenters. The summed E-state index contributed by atoms with van der Waals surface area (Å²) in [6.45, 7) is 4.03. The Hall–Kier alpha value is -2.83. The summed E-state index contributed by atoms with van der Waals surface area (Å²) in [5, 5.41) is 3.91. The predicted octanol–water partition coefficient (Wildman–Crippen LogP) is 5.78. The molecule has 0 radical (unpaired) electrons. The third-order valence-electron chi connectivity index (χ3n) is 4.55. The van der Waals surface area contributed by atoms with Crippen LogP contribution in [0.2, 0.25) is 5.02 Å². The van der Waals surface area contributed by atoms with Gasteiger partial charge in [-0.05, 0) is 91.8 Å². The lowest BCUT2D eigenvalue weighted by Crippen LogP contribution is -2.19. The van der Waals surface area contributed by atoms with Crippen molar-refractivity contribution in [3.05, 3.63) is 87.3 Å². The minimum absolute atomic E-state index is 0.202. The quantitative estimate of drug-likeness (QED) is 0.541. The van der Waals surface area contributed by atoms with Gasteiger partial charge in [0.1, 0.15) is 5.82 Å². The molecule has 1 aromatic heterocycles. The topological polar surface area (TPSA) is 46.4 Å². The first kappa shape index (κ1) is 19.5. The molecule has 3 aromatic rings. The van der Waals surface area contributed by atoms with Gasteiger partial charge in [0.05, 0.1) is 10.6 Å². The van der Waals surface area contributed by atoms with E-state index >= 15 is 0 Å². The smallest absolute Gasteiger partial charge is 0.264 e. The highest BCUT2D eigenvalue weighted by Crippen LogP contribution is 2.30. The van der Waals surface area contributed by atoms with E-state index < -0.39 is 0 Å². The molecule has 0 aliphatic carbocycles. The number of aromatic nitrogens is 1. The average Bonchev–Trinajstić information content (AvgIpc) is 3.17. The Morgan fingerprint density at radius 1 is 1.10 bits per heavy atom. The number of hydrogen-bond donors (Lipinski definition) is 1. The zero-order chi connectivity index (χ0) is 20.5. The summed E-state index contributed by atoms with van der Waals surface area (Å²) in [6.07, 6.45) is 1.86.